The van der Waals surface area contributed by atoms with Crippen LogP contribution in [0.1, 0.15) is 12.5 Å². The third-order valence-electron chi connectivity index (χ3n) is 2.77. The van der Waals surface area contributed by atoms with Crippen LogP contribution in [0.3, 0.4) is 0 Å². The summed E-state index contributed by atoms with van der Waals surface area (Å²) < 4.78 is 48.5. The first-order valence-corrected chi connectivity index (χ1v) is 6.76. The molecule has 2 aromatic carbocycles. The van der Waals surface area contributed by atoms with E-state index in [4.69, 9.17) is 26.8 Å². The summed E-state index contributed by atoms with van der Waals surface area (Å²) in [4.78, 5) is 0. The zero-order valence-electron chi connectivity index (χ0n) is 11.6. The molecule has 2 aromatic rings. The number of alkyl halides is 3. The number of nitrogen functional groups attached to an aromatic ring is 1. The van der Waals surface area contributed by atoms with E-state index in [-0.39, 0.29) is 10.8 Å². The molecule has 2 N–H and O–H groups in total. The summed E-state index contributed by atoms with van der Waals surface area (Å²) in [5.74, 6) is 0.907. The number of benzene rings is 2. The van der Waals surface area contributed by atoms with Gasteiger partial charge in [-0.25, -0.2) is 0 Å². The van der Waals surface area contributed by atoms with Crippen molar-refractivity contribution in [2.45, 2.75) is 13.1 Å². The first-order valence-electron chi connectivity index (χ1n) is 6.38. The second-order valence-electron chi connectivity index (χ2n) is 4.38. The topological polar surface area (TPSA) is 44.5 Å². The monoisotopic (exact) mass is 331 g/mol. The van der Waals surface area contributed by atoms with Gasteiger partial charge in [-0.1, -0.05) is 11.6 Å². The molecule has 7 heteroatoms. The molecule has 0 aromatic heterocycles. The number of nitrogens with two attached hydrogens (primary N) is 1. The maximum atomic E-state index is 12.6. The largest absolute Gasteiger partial charge is 0.492 e. The van der Waals surface area contributed by atoms with E-state index in [0.29, 0.717) is 23.8 Å². The molecule has 0 aliphatic heterocycles. The van der Waals surface area contributed by atoms with E-state index in [9.17, 15) is 13.2 Å². The van der Waals surface area contributed by atoms with Gasteiger partial charge >= 0.3 is 6.18 Å². The summed E-state index contributed by atoms with van der Waals surface area (Å²) in [6.07, 6.45) is -4.45. The molecular weight excluding hydrogens is 319 g/mol. The van der Waals surface area contributed by atoms with Crippen molar-refractivity contribution in [3.63, 3.8) is 0 Å². The zero-order chi connectivity index (χ0) is 16.3. The first kappa shape index (κ1) is 16.3. The molecule has 22 heavy (non-hydrogen) atoms. The lowest BCUT2D eigenvalue weighted by atomic mass is 10.2. The van der Waals surface area contributed by atoms with Crippen molar-refractivity contribution in [3.8, 4) is 17.2 Å². The van der Waals surface area contributed by atoms with Gasteiger partial charge in [0.15, 0.2) is 0 Å². The highest BCUT2D eigenvalue weighted by molar-refractivity contribution is 6.32. The van der Waals surface area contributed by atoms with E-state index in [1.807, 2.05) is 0 Å². The molecule has 0 saturated carbocycles. The molecule has 0 amide bonds. The molecule has 0 atom stereocenters. The quantitative estimate of drug-likeness (QED) is 0.790. The van der Waals surface area contributed by atoms with Crippen molar-refractivity contribution in [3.05, 3.63) is 47.0 Å². The van der Waals surface area contributed by atoms with Crippen LogP contribution in [-0.2, 0) is 6.18 Å². The Morgan fingerprint density at radius 1 is 1.09 bits per heavy atom. The van der Waals surface area contributed by atoms with Crippen LogP contribution >= 0.6 is 11.6 Å². The molecule has 0 unspecified atom stereocenters. The van der Waals surface area contributed by atoms with Gasteiger partial charge in [-0.2, -0.15) is 13.2 Å². The fourth-order valence-electron chi connectivity index (χ4n) is 1.75. The summed E-state index contributed by atoms with van der Waals surface area (Å²) in [6, 6.07) is 7.60. The first-order chi connectivity index (χ1) is 10.3. The van der Waals surface area contributed by atoms with Gasteiger partial charge in [0.25, 0.3) is 0 Å². The summed E-state index contributed by atoms with van der Waals surface area (Å²) >= 11 is 5.84. The normalized spacial score (nSPS) is 11.3. The number of rotatable bonds is 4. The van der Waals surface area contributed by atoms with Gasteiger partial charge in [-0.3, -0.25) is 0 Å². The Hall–Kier alpha value is -2.08. The maximum Gasteiger partial charge on any atom is 0.416 e. The molecule has 2 rings (SSSR count). The van der Waals surface area contributed by atoms with Crippen LogP contribution in [0.15, 0.2) is 36.4 Å². The average molecular weight is 332 g/mol. The van der Waals surface area contributed by atoms with Gasteiger partial charge in [0, 0.05) is 6.07 Å². The van der Waals surface area contributed by atoms with Crippen LogP contribution < -0.4 is 15.2 Å². The van der Waals surface area contributed by atoms with Gasteiger partial charge in [-0.15, -0.1) is 0 Å². The van der Waals surface area contributed by atoms with Crippen LogP contribution in [-0.4, -0.2) is 6.61 Å². The fraction of sp³-hybridized carbons (Fsp3) is 0.200. The Bertz CT molecular complexity index is 674. The summed E-state index contributed by atoms with van der Waals surface area (Å²) in [5, 5.41) is -0.135. The fourth-order valence-corrected chi connectivity index (χ4v) is 1.96. The Kier molecular flexibility index (Phi) is 4.71. The van der Waals surface area contributed by atoms with Gasteiger partial charge in [0.2, 0.25) is 0 Å². The van der Waals surface area contributed by atoms with Crippen molar-refractivity contribution in [2.24, 2.45) is 0 Å². The van der Waals surface area contributed by atoms with Gasteiger partial charge in [0.1, 0.15) is 17.2 Å². The Morgan fingerprint density at radius 2 is 1.82 bits per heavy atom. The van der Waals surface area contributed by atoms with Gasteiger partial charge in [0.05, 0.1) is 22.9 Å². The SMILES string of the molecule is CCOc1cc(Oc2ccc(C(F)(F)F)cc2Cl)ccc1N. The number of halogens is 4. The molecule has 0 saturated heterocycles. The van der Waals surface area contributed by atoms with E-state index in [0.717, 1.165) is 12.1 Å². The Labute approximate surface area is 130 Å². The second-order valence-corrected chi connectivity index (χ2v) is 4.78. The standard InChI is InChI=1S/C15H13ClF3NO2/c1-2-21-14-8-10(4-5-12(14)20)22-13-6-3-9(7-11(13)16)15(17,18)19/h3-8H,2,20H2,1H3. The van der Waals surface area contributed by atoms with Crippen LogP contribution in [0, 0.1) is 0 Å². The summed E-state index contributed by atoms with van der Waals surface area (Å²) in [7, 11) is 0. The number of hydrogen-bond acceptors (Lipinski definition) is 3. The predicted octanol–water partition coefficient (Wildman–Crippen LogP) is 5.13. The maximum absolute atomic E-state index is 12.6. The van der Waals surface area contributed by atoms with E-state index in [1.165, 1.54) is 6.07 Å². The summed E-state index contributed by atoms with van der Waals surface area (Å²) in [6.45, 7) is 2.23. The molecule has 0 radical (unpaired) electrons. The predicted molar refractivity (Wildman–Crippen MR) is 78.6 cm³/mol. The van der Waals surface area contributed by atoms with Gasteiger partial charge in [-0.05, 0) is 37.3 Å². The van der Waals surface area contributed by atoms with E-state index < -0.39 is 11.7 Å². The third kappa shape index (κ3) is 3.76. The highest BCUT2D eigenvalue weighted by Crippen LogP contribution is 2.37. The lowest BCUT2D eigenvalue weighted by Crippen LogP contribution is -2.04. The number of ether oxygens (including phenoxy) is 2. The number of hydrogen-bond donors (Lipinski definition) is 1. The Balaban J connectivity index is 2.26. The lowest BCUT2D eigenvalue weighted by Gasteiger charge is -2.13. The van der Waals surface area contributed by atoms with Crippen molar-refractivity contribution >= 4 is 17.3 Å². The third-order valence-corrected chi connectivity index (χ3v) is 3.07. The minimum atomic E-state index is -4.45. The average Bonchev–Trinajstić information content (AvgIpc) is 2.44. The lowest BCUT2D eigenvalue weighted by molar-refractivity contribution is -0.137. The molecule has 118 valence electrons. The molecule has 0 spiro atoms. The molecule has 0 bridgehead atoms. The zero-order valence-corrected chi connectivity index (χ0v) is 12.3. The second kappa shape index (κ2) is 6.36. The van der Waals surface area contributed by atoms with Crippen molar-refractivity contribution in [1.82, 2.24) is 0 Å². The minimum Gasteiger partial charge on any atom is -0.492 e. The van der Waals surface area contributed by atoms with Gasteiger partial charge < -0.3 is 15.2 Å². The molecular formula is C15H13ClF3NO2. The molecule has 3 nitrogen and oxygen atoms in total. The van der Waals surface area contributed by atoms with Crippen molar-refractivity contribution in [1.29, 1.82) is 0 Å². The smallest absolute Gasteiger partial charge is 0.416 e. The molecule has 0 fully saturated rings. The van der Waals surface area contributed by atoms with Crippen molar-refractivity contribution < 1.29 is 22.6 Å². The van der Waals surface area contributed by atoms with E-state index in [1.54, 1.807) is 25.1 Å². The van der Waals surface area contributed by atoms with Crippen molar-refractivity contribution in [2.75, 3.05) is 12.3 Å². The van der Waals surface area contributed by atoms with Crippen LogP contribution in [0.4, 0.5) is 18.9 Å². The summed E-state index contributed by atoms with van der Waals surface area (Å²) in [5.41, 5.74) is 5.34. The molecule has 0 heterocycles. The molecule has 0 aliphatic rings. The highest BCUT2D eigenvalue weighted by atomic mass is 35.5. The highest BCUT2D eigenvalue weighted by Gasteiger charge is 2.31. The van der Waals surface area contributed by atoms with Crippen LogP contribution in [0.2, 0.25) is 5.02 Å². The number of anilines is 1. The van der Waals surface area contributed by atoms with Crippen LogP contribution in [0.5, 0.6) is 17.2 Å². The molecule has 0 aliphatic carbocycles. The van der Waals surface area contributed by atoms with E-state index in [2.05, 4.69) is 0 Å². The Morgan fingerprint density at radius 3 is 2.41 bits per heavy atom. The minimum absolute atomic E-state index is 0.113. The van der Waals surface area contributed by atoms with Crippen LogP contribution in [0.25, 0.3) is 0 Å². The van der Waals surface area contributed by atoms with E-state index >= 15 is 0 Å².